The molecule has 0 saturated carbocycles. The molecule has 1 aromatic carbocycles. The first-order valence-corrected chi connectivity index (χ1v) is 5.75. The van der Waals surface area contributed by atoms with Gasteiger partial charge in [-0.15, -0.1) is 0 Å². The van der Waals surface area contributed by atoms with Crippen LogP contribution in [-0.4, -0.2) is 25.7 Å². The number of aryl methyl sites for hydroxylation is 1. The molecule has 0 aliphatic heterocycles. The Balaban J connectivity index is 2.66. The average molecular weight is 236 g/mol. The van der Waals surface area contributed by atoms with E-state index < -0.39 is 0 Å². The molecule has 1 amide bonds. The van der Waals surface area contributed by atoms with Crippen molar-refractivity contribution in [2.45, 2.75) is 25.9 Å². The Morgan fingerprint density at radius 1 is 1.47 bits per heavy atom. The molecule has 1 atom stereocenters. The summed E-state index contributed by atoms with van der Waals surface area (Å²) in [5.74, 6) is -0.0560. The van der Waals surface area contributed by atoms with E-state index >= 15 is 0 Å². The molecule has 1 rings (SSSR count). The summed E-state index contributed by atoms with van der Waals surface area (Å²) < 4.78 is 5.23. The lowest BCUT2D eigenvalue weighted by Crippen LogP contribution is -2.23. The van der Waals surface area contributed by atoms with Gasteiger partial charge in [0.1, 0.15) is 0 Å². The number of nitrogens with two attached hydrogens (primary N) is 1. The molecule has 17 heavy (non-hydrogen) atoms. The van der Waals surface area contributed by atoms with Crippen molar-refractivity contribution in [3.05, 3.63) is 29.8 Å². The number of ether oxygens (including phenoxy) is 1. The van der Waals surface area contributed by atoms with E-state index in [2.05, 4.69) is 5.32 Å². The minimum absolute atomic E-state index is 0.0560. The molecule has 0 aromatic heterocycles. The molecular weight excluding hydrogens is 216 g/mol. The Kier molecular flexibility index (Phi) is 5.66. The molecule has 0 spiro atoms. The molecule has 0 radical (unpaired) electrons. The van der Waals surface area contributed by atoms with Gasteiger partial charge in [-0.3, -0.25) is 4.79 Å². The van der Waals surface area contributed by atoms with Gasteiger partial charge in [0.2, 0.25) is 5.91 Å². The van der Waals surface area contributed by atoms with Gasteiger partial charge in [0.25, 0.3) is 0 Å². The van der Waals surface area contributed by atoms with Crippen molar-refractivity contribution in [3.8, 4) is 0 Å². The van der Waals surface area contributed by atoms with Crippen LogP contribution in [0.3, 0.4) is 0 Å². The highest BCUT2D eigenvalue weighted by atomic mass is 16.5. The number of para-hydroxylation sites is 1. The van der Waals surface area contributed by atoms with Crippen molar-refractivity contribution in [3.63, 3.8) is 0 Å². The number of carbonyl (C=O) groups excluding carboxylic acids is 1. The summed E-state index contributed by atoms with van der Waals surface area (Å²) in [5.41, 5.74) is 7.55. The number of benzene rings is 1. The fourth-order valence-electron chi connectivity index (χ4n) is 1.70. The van der Waals surface area contributed by atoms with Crippen molar-refractivity contribution in [2.24, 2.45) is 5.73 Å². The van der Waals surface area contributed by atoms with Gasteiger partial charge in [-0.2, -0.15) is 0 Å². The average Bonchev–Trinajstić information content (AvgIpc) is 2.31. The van der Waals surface area contributed by atoms with Crippen LogP contribution in [0.1, 0.15) is 18.9 Å². The SMILES string of the molecule is COC(CN)CCc1ccccc1NC(C)=O. The summed E-state index contributed by atoms with van der Waals surface area (Å²) in [5, 5.41) is 2.82. The molecule has 4 heteroatoms. The quantitative estimate of drug-likeness (QED) is 0.787. The molecule has 0 aliphatic rings. The van der Waals surface area contributed by atoms with E-state index in [0.717, 1.165) is 24.1 Å². The van der Waals surface area contributed by atoms with Crippen LogP contribution in [0.15, 0.2) is 24.3 Å². The number of hydrogen-bond acceptors (Lipinski definition) is 3. The topological polar surface area (TPSA) is 64.3 Å². The van der Waals surface area contributed by atoms with Gasteiger partial charge >= 0.3 is 0 Å². The summed E-state index contributed by atoms with van der Waals surface area (Å²) >= 11 is 0. The summed E-state index contributed by atoms with van der Waals surface area (Å²) in [6.07, 6.45) is 1.76. The number of anilines is 1. The fraction of sp³-hybridized carbons (Fsp3) is 0.462. The summed E-state index contributed by atoms with van der Waals surface area (Å²) in [4.78, 5) is 11.1. The van der Waals surface area contributed by atoms with Crippen LogP contribution in [0.4, 0.5) is 5.69 Å². The van der Waals surface area contributed by atoms with Crippen LogP contribution in [-0.2, 0) is 16.0 Å². The Morgan fingerprint density at radius 2 is 2.18 bits per heavy atom. The number of nitrogens with one attached hydrogen (secondary N) is 1. The zero-order valence-electron chi connectivity index (χ0n) is 10.4. The molecule has 0 bridgehead atoms. The fourth-order valence-corrected chi connectivity index (χ4v) is 1.70. The van der Waals surface area contributed by atoms with Crippen LogP contribution in [0.25, 0.3) is 0 Å². The van der Waals surface area contributed by atoms with Gasteiger partial charge in [-0.1, -0.05) is 18.2 Å². The Bertz CT molecular complexity index is 362. The van der Waals surface area contributed by atoms with E-state index in [1.54, 1.807) is 7.11 Å². The lowest BCUT2D eigenvalue weighted by atomic mass is 10.0. The molecule has 94 valence electrons. The predicted molar refractivity (Wildman–Crippen MR) is 68.9 cm³/mol. The number of methoxy groups -OCH3 is 1. The first-order chi connectivity index (χ1) is 8.17. The van der Waals surface area contributed by atoms with Gasteiger partial charge in [-0.05, 0) is 24.5 Å². The van der Waals surface area contributed by atoms with Crippen LogP contribution in [0, 0.1) is 0 Å². The molecular formula is C13H20N2O2. The van der Waals surface area contributed by atoms with Crippen molar-refractivity contribution in [1.29, 1.82) is 0 Å². The lowest BCUT2D eigenvalue weighted by molar-refractivity contribution is -0.114. The van der Waals surface area contributed by atoms with Crippen molar-refractivity contribution in [1.82, 2.24) is 0 Å². The third kappa shape index (κ3) is 4.54. The van der Waals surface area contributed by atoms with Gasteiger partial charge < -0.3 is 15.8 Å². The molecule has 1 unspecified atom stereocenters. The maximum atomic E-state index is 11.1. The van der Waals surface area contributed by atoms with E-state index in [1.165, 1.54) is 6.92 Å². The van der Waals surface area contributed by atoms with Gasteiger partial charge in [-0.25, -0.2) is 0 Å². The highest BCUT2D eigenvalue weighted by Gasteiger charge is 2.08. The maximum Gasteiger partial charge on any atom is 0.221 e. The van der Waals surface area contributed by atoms with Gasteiger partial charge in [0, 0.05) is 26.3 Å². The third-order valence-electron chi connectivity index (χ3n) is 2.66. The molecule has 4 nitrogen and oxygen atoms in total. The van der Waals surface area contributed by atoms with Crippen molar-refractivity contribution < 1.29 is 9.53 Å². The zero-order valence-corrected chi connectivity index (χ0v) is 10.4. The summed E-state index contributed by atoms with van der Waals surface area (Å²) in [6, 6.07) is 7.78. The lowest BCUT2D eigenvalue weighted by Gasteiger charge is -2.14. The van der Waals surface area contributed by atoms with Crippen LogP contribution in [0.2, 0.25) is 0 Å². The minimum atomic E-state index is -0.0560. The molecule has 1 aromatic rings. The predicted octanol–water partition coefficient (Wildman–Crippen LogP) is 1.55. The zero-order chi connectivity index (χ0) is 12.7. The van der Waals surface area contributed by atoms with Crippen LogP contribution < -0.4 is 11.1 Å². The first-order valence-electron chi connectivity index (χ1n) is 5.75. The second-order valence-electron chi connectivity index (χ2n) is 3.97. The van der Waals surface area contributed by atoms with Crippen LogP contribution >= 0.6 is 0 Å². The number of carbonyl (C=O) groups is 1. The maximum absolute atomic E-state index is 11.1. The number of amides is 1. The summed E-state index contributed by atoms with van der Waals surface area (Å²) in [7, 11) is 1.66. The first kappa shape index (κ1) is 13.7. The monoisotopic (exact) mass is 236 g/mol. The second-order valence-corrected chi connectivity index (χ2v) is 3.97. The number of hydrogen-bond donors (Lipinski definition) is 2. The van der Waals surface area contributed by atoms with E-state index in [-0.39, 0.29) is 12.0 Å². The summed E-state index contributed by atoms with van der Waals surface area (Å²) in [6.45, 7) is 2.02. The Labute approximate surface area is 102 Å². The van der Waals surface area contributed by atoms with Crippen molar-refractivity contribution in [2.75, 3.05) is 19.0 Å². The van der Waals surface area contributed by atoms with E-state index in [0.29, 0.717) is 6.54 Å². The second kappa shape index (κ2) is 7.04. The molecule has 3 N–H and O–H groups in total. The number of rotatable bonds is 6. The molecule has 0 fully saturated rings. The largest absolute Gasteiger partial charge is 0.380 e. The van der Waals surface area contributed by atoms with Gasteiger partial charge in [0.05, 0.1) is 6.10 Å². The molecule has 0 saturated heterocycles. The van der Waals surface area contributed by atoms with E-state index in [1.807, 2.05) is 24.3 Å². The van der Waals surface area contributed by atoms with E-state index in [4.69, 9.17) is 10.5 Å². The minimum Gasteiger partial charge on any atom is -0.380 e. The third-order valence-corrected chi connectivity index (χ3v) is 2.66. The normalized spacial score (nSPS) is 12.2. The van der Waals surface area contributed by atoms with Crippen molar-refractivity contribution >= 4 is 11.6 Å². The highest BCUT2D eigenvalue weighted by Crippen LogP contribution is 2.17. The smallest absolute Gasteiger partial charge is 0.221 e. The Hall–Kier alpha value is -1.39. The van der Waals surface area contributed by atoms with Gasteiger partial charge in [0.15, 0.2) is 0 Å². The van der Waals surface area contributed by atoms with E-state index in [9.17, 15) is 4.79 Å². The standard InChI is InChI=1S/C13H20N2O2/c1-10(16)15-13-6-4-3-5-11(13)7-8-12(9-14)17-2/h3-6,12H,7-9,14H2,1-2H3,(H,15,16). The highest BCUT2D eigenvalue weighted by molar-refractivity contribution is 5.89. The van der Waals surface area contributed by atoms with Crippen LogP contribution in [0.5, 0.6) is 0 Å². The molecule has 0 aliphatic carbocycles. The molecule has 0 heterocycles. The Morgan fingerprint density at radius 3 is 2.76 bits per heavy atom.